The number of nitrogens with zero attached hydrogens (tertiary/aromatic N) is 1. The molecular weight excluding hydrogens is 486 g/mol. The number of aryl methyl sites for hydroxylation is 1. The number of hydrogen-bond acceptors (Lipinski definition) is 5. The Balaban J connectivity index is 1.77. The van der Waals surface area contributed by atoms with Crippen LogP contribution in [0.5, 0.6) is 0 Å². The average molecular weight is 508 g/mol. The first-order valence-corrected chi connectivity index (χ1v) is 13.3. The molecule has 0 saturated heterocycles. The van der Waals surface area contributed by atoms with E-state index in [9.17, 15) is 21.6 Å². The summed E-state index contributed by atoms with van der Waals surface area (Å²) in [4.78, 5) is 12.7. The number of sulfonamides is 2. The monoisotopic (exact) mass is 507 g/mol. The lowest BCUT2D eigenvalue weighted by Crippen LogP contribution is -2.24. The van der Waals surface area contributed by atoms with Crippen LogP contribution in [0.4, 0.5) is 17.1 Å². The minimum atomic E-state index is -3.85. The zero-order chi connectivity index (χ0) is 24.4. The Morgan fingerprint density at radius 3 is 2.21 bits per heavy atom. The van der Waals surface area contributed by atoms with E-state index in [2.05, 4.69) is 10.0 Å². The van der Waals surface area contributed by atoms with Crippen molar-refractivity contribution in [3.63, 3.8) is 0 Å². The highest BCUT2D eigenvalue weighted by Crippen LogP contribution is 2.27. The van der Waals surface area contributed by atoms with Gasteiger partial charge in [-0.1, -0.05) is 35.4 Å². The number of nitrogens with one attached hydrogen (secondary N) is 2. The van der Waals surface area contributed by atoms with Crippen LogP contribution in [0.2, 0.25) is 5.02 Å². The van der Waals surface area contributed by atoms with Crippen LogP contribution >= 0.6 is 11.6 Å². The highest BCUT2D eigenvalue weighted by Gasteiger charge is 2.17. The second kappa shape index (κ2) is 9.42. The first-order chi connectivity index (χ1) is 15.4. The Kier molecular flexibility index (Phi) is 7.01. The summed E-state index contributed by atoms with van der Waals surface area (Å²) in [6.45, 7) is 1.85. The summed E-state index contributed by atoms with van der Waals surface area (Å²) in [7, 11) is -5.89. The van der Waals surface area contributed by atoms with Gasteiger partial charge in [-0.2, -0.15) is 0 Å². The van der Waals surface area contributed by atoms with Crippen LogP contribution < -0.4 is 14.3 Å². The van der Waals surface area contributed by atoms with Gasteiger partial charge in [0.2, 0.25) is 10.0 Å². The number of carbonyl (C=O) groups is 1. The van der Waals surface area contributed by atoms with Gasteiger partial charge in [-0.25, -0.2) is 16.8 Å². The molecule has 0 unspecified atom stereocenters. The molecule has 8 nitrogen and oxygen atoms in total. The maximum atomic E-state index is 12.7. The second-order valence-electron chi connectivity index (χ2n) is 7.35. The van der Waals surface area contributed by atoms with Gasteiger partial charge in [0.15, 0.2) is 0 Å². The lowest BCUT2D eigenvalue weighted by molar-refractivity contribution is 0.102. The van der Waals surface area contributed by atoms with E-state index >= 15 is 0 Å². The smallest absolute Gasteiger partial charge is 0.261 e. The van der Waals surface area contributed by atoms with E-state index < -0.39 is 26.0 Å². The molecule has 1 amide bonds. The molecule has 3 aromatic carbocycles. The van der Waals surface area contributed by atoms with Gasteiger partial charge in [-0.05, 0) is 55.5 Å². The van der Waals surface area contributed by atoms with Gasteiger partial charge in [0.1, 0.15) is 0 Å². The summed E-state index contributed by atoms with van der Waals surface area (Å²) in [6.07, 6.45) is 1.08. The van der Waals surface area contributed by atoms with Gasteiger partial charge in [0.25, 0.3) is 15.9 Å². The minimum Gasteiger partial charge on any atom is -0.322 e. The molecule has 3 aromatic rings. The van der Waals surface area contributed by atoms with E-state index in [1.54, 1.807) is 30.3 Å². The quantitative estimate of drug-likeness (QED) is 0.500. The molecule has 0 heterocycles. The van der Waals surface area contributed by atoms with E-state index in [0.717, 1.165) is 16.1 Å². The number of hydrogen-bond donors (Lipinski definition) is 2. The van der Waals surface area contributed by atoms with Crippen molar-refractivity contribution in [3.05, 3.63) is 82.9 Å². The first-order valence-electron chi connectivity index (χ1n) is 9.61. The molecule has 0 radical (unpaired) electrons. The zero-order valence-electron chi connectivity index (χ0n) is 18.0. The molecule has 174 valence electrons. The number of halogens is 1. The van der Waals surface area contributed by atoms with Crippen LogP contribution in [0.1, 0.15) is 15.9 Å². The summed E-state index contributed by atoms with van der Waals surface area (Å²) in [5.41, 5.74) is 2.02. The molecule has 11 heteroatoms. The van der Waals surface area contributed by atoms with E-state index in [0.29, 0.717) is 11.4 Å². The van der Waals surface area contributed by atoms with E-state index in [-0.39, 0.29) is 21.2 Å². The fraction of sp³-hybridized carbons (Fsp3) is 0.136. The van der Waals surface area contributed by atoms with Crippen LogP contribution in [0, 0.1) is 6.92 Å². The molecule has 2 N–H and O–H groups in total. The molecule has 33 heavy (non-hydrogen) atoms. The molecular formula is C22H22ClN3O5S2. The molecule has 0 aliphatic rings. The molecule has 0 aliphatic carbocycles. The number of anilines is 3. The van der Waals surface area contributed by atoms with Gasteiger partial charge in [-0.3, -0.25) is 13.8 Å². The normalized spacial score (nSPS) is 11.6. The average Bonchev–Trinajstić information content (AvgIpc) is 2.74. The van der Waals surface area contributed by atoms with Crippen molar-refractivity contribution in [1.82, 2.24) is 0 Å². The van der Waals surface area contributed by atoms with Crippen molar-refractivity contribution in [2.24, 2.45) is 0 Å². The van der Waals surface area contributed by atoms with Gasteiger partial charge in [0, 0.05) is 18.3 Å². The van der Waals surface area contributed by atoms with Crippen molar-refractivity contribution in [2.45, 2.75) is 11.8 Å². The maximum Gasteiger partial charge on any atom is 0.261 e. The molecule has 0 aliphatic heterocycles. The fourth-order valence-corrected chi connectivity index (χ4v) is 4.69. The Morgan fingerprint density at radius 1 is 0.939 bits per heavy atom. The predicted molar refractivity (Wildman–Crippen MR) is 131 cm³/mol. The molecule has 0 fully saturated rings. The Morgan fingerprint density at radius 2 is 1.61 bits per heavy atom. The van der Waals surface area contributed by atoms with Gasteiger partial charge >= 0.3 is 0 Å². The Hall–Kier alpha value is -3.08. The van der Waals surface area contributed by atoms with Crippen LogP contribution in [0.25, 0.3) is 0 Å². The molecule has 0 spiro atoms. The van der Waals surface area contributed by atoms with E-state index in [1.807, 2.05) is 6.92 Å². The molecule has 0 saturated carbocycles. The topological polar surface area (TPSA) is 113 Å². The van der Waals surface area contributed by atoms with Crippen LogP contribution in [-0.2, 0) is 20.0 Å². The van der Waals surface area contributed by atoms with Crippen LogP contribution in [0.3, 0.4) is 0 Å². The largest absolute Gasteiger partial charge is 0.322 e. The highest BCUT2D eigenvalue weighted by atomic mass is 35.5. The van der Waals surface area contributed by atoms with Gasteiger partial charge in [0.05, 0.1) is 27.5 Å². The molecule has 3 rings (SSSR count). The summed E-state index contributed by atoms with van der Waals surface area (Å²) >= 11 is 6.23. The van der Waals surface area contributed by atoms with Gasteiger partial charge in [-0.15, -0.1) is 0 Å². The van der Waals surface area contributed by atoms with Gasteiger partial charge < -0.3 is 5.32 Å². The van der Waals surface area contributed by atoms with Crippen molar-refractivity contribution < 1.29 is 21.6 Å². The summed E-state index contributed by atoms with van der Waals surface area (Å²) in [5.74, 6) is -0.496. The molecule has 0 atom stereocenters. The summed E-state index contributed by atoms with van der Waals surface area (Å²) in [5, 5.41) is 2.72. The maximum absolute atomic E-state index is 12.7. The van der Waals surface area contributed by atoms with Crippen molar-refractivity contribution in [1.29, 1.82) is 0 Å². The van der Waals surface area contributed by atoms with Crippen molar-refractivity contribution >= 4 is 54.6 Å². The number of benzene rings is 3. The number of carbonyl (C=O) groups excluding carboxylic acids is 1. The standard InChI is InChI=1S/C22H22ClN3O5S2/c1-15-7-10-19(11-8-15)33(30,31)25-21-12-9-16(13-20(21)23)22(27)24-17-5-4-6-18(14-17)26(2)32(3,28)29/h4-14,25H,1-3H3,(H,24,27). The third kappa shape index (κ3) is 6.04. The van der Waals surface area contributed by atoms with Crippen molar-refractivity contribution in [3.8, 4) is 0 Å². The second-order valence-corrected chi connectivity index (χ2v) is 11.5. The lowest BCUT2D eigenvalue weighted by Gasteiger charge is -2.17. The minimum absolute atomic E-state index is 0.0453. The Bertz CT molecular complexity index is 1410. The fourth-order valence-electron chi connectivity index (χ4n) is 2.83. The number of amides is 1. The number of rotatable bonds is 7. The lowest BCUT2D eigenvalue weighted by atomic mass is 10.2. The molecule has 0 aromatic heterocycles. The summed E-state index contributed by atoms with van der Waals surface area (Å²) < 4.78 is 52.2. The zero-order valence-corrected chi connectivity index (χ0v) is 20.4. The van der Waals surface area contributed by atoms with E-state index in [1.165, 1.54) is 43.4 Å². The Labute approximate surface area is 198 Å². The SMILES string of the molecule is Cc1ccc(S(=O)(=O)Nc2ccc(C(=O)Nc3cccc(N(C)S(C)(=O)=O)c3)cc2Cl)cc1. The first kappa shape index (κ1) is 24.6. The van der Waals surface area contributed by atoms with Crippen molar-refractivity contribution in [2.75, 3.05) is 27.6 Å². The highest BCUT2D eigenvalue weighted by molar-refractivity contribution is 7.92. The predicted octanol–water partition coefficient (Wildman–Crippen LogP) is 4.10. The van der Waals surface area contributed by atoms with Crippen LogP contribution in [-0.4, -0.2) is 36.0 Å². The molecule has 0 bridgehead atoms. The van der Waals surface area contributed by atoms with E-state index in [4.69, 9.17) is 11.6 Å². The summed E-state index contributed by atoms with van der Waals surface area (Å²) in [6, 6.07) is 16.9. The third-order valence-corrected chi connectivity index (χ3v) is 7.67. The third-order valence-electron chi connectivity index (χ3n) is 4.77. The van der Waals surface area contributed by atoms with Crippen LogP contribution in [0.15, 0.2) is 71.6 Å².